The highest BCUT2D eigenvalue weighted by Gasteiger charge is 2.34. The quantitative estimate of drug-likeness (QED) is 0.355. The van der Waals surface area contributed by atoms with Crippen molar-refractivity contribution in [2.24, 2.45) is 5.10 Å². The third-order valence-corrected chi connectivity index (χ3v) is 4.67. The maximum atomic E-state index is 12.6. The predicted molar refractivity (Wildman–Crippen MR) is 76.1 cm³/mol. The second-order valence-corrected chi connectivity index (χ2v) is 6.13. The molecule has 0 bridgehead atoms. The highest BCUT2D eigenvalue weighted by molar-refractivity contribution is 7.54. The first-order valence-corrected chi connectivity index (χ1v) is 8.41. The van der Waals surface area contributed by atoms with Gasteiger partial charge in [-0.15, -0.1) is 0 Å². The molecule has 18 heavy (non-hydrogen) atoms. The van der Waals surface area contributed by atoms with E-state index in [0.717, 1.165) is 19.3 Å². The van der Waals surface area contributed by atoms with E-state index >= 15 is 0 Å². The Bertz CT molecular complexity index is 262. The lowest BCUT2D eigenvalue weighted by Crippen LogP contribution is -2.26. The van der Waals surface area contributed by atoms with E-state index in [1.165, 1.54) is 0 Å². The fourth-order valence-corrected chi connectivity index (χ4v) is 3.41. The summed E-state index contributed by atoms with van der Waals surface area (Å²) >= 11 is 0. The summed E-state index contributed by atoms with van der Waals surface area (Å²) in [6.45, 7) is 8.49. The SMILES string of the molecule is CCC/C=N/NC(CCC)P(=O)(OCC)OCC. The standard InChI is InChI=1S/C12H27N2O3P/c1-5-9-11-13-14-12(10-6-2)18(15,16-7-3)17-8-4/h11-12,14H,5-10H2,1-4H3/b13-11+. The molecule has 0 saturated carbocycles. The van der Waals surface area contributed by atoms with Crippen LogP contribution in [0.4, 0.5) is 0 Å². The van der Waals surface area contributed by atoms with Crippen molar-refractivity contribution in [1.82, 2.24) is 5.43 Å². The second kappa shape index (κ2) is 10.5. The number of hydrogen-bond acceptors (Lipinski definition) is 5. The van der Waals surface area contributed by atoms with Gasteiger partial charge in [-0.2, -0.15) is 5.10 Å². The van der Waals surface area contributed by atoms with Crippen LogP contribution >= 0.6 is 7.60 Å². The number of hydrazone groups is 1. The van der Waals surface area contributed by atoms with Crippen molar-refractivity contribution in [2.75, 3.05) is 13.2 Å². The van der Waals surface area contributed by atoms with Gasteiger partial charge in [-0.3, -0.25) is 9.99 Å². The molecule has 0 aliphatic rings. The fourth-order valence-electron chi connectivity index (χ4n) is 1.48. The molecule has 6 heteroatoms. The zero-order valence-electron chi connectivity index (χ0n) is 12.0. The van der Waals surface area contributed by atoms with Crippen LogP contribution in [0.1, 0.15) is 53.4 Å². The Kier molecular flexibility index (Phi) is 10.3. The van der Waals surface area contributed by atoms with Gasteiger partial charge in [0.2, 0.25) is 0 Å². The van der Waals surface area contributed by atoms with Crippen molar-refractivity contribution in [3.05, 3.63) is 0 Å². The fraction of sp³-hybridized carbons (Fsp3) is 0.917. The van der Waals surface area contributed by atoms with Crippen LogP contribution in [0.5, 0.6) is 0 Å². The molecule has 0 aliphatic heterocycles. The van der Waals surface area contributed by atoms with E-state index in [4.69, 9.17) is 9.05 Å². The maximum Gasteiger partial charge on any atom is 0.354 e. The number of unbranched alkanes of at least 4 members (excludes halogenated alkanes) is 1. The van der Waals surface area contributed by atoms with E-state index in [9.17, 15) is 4.57 Å². The summed E-state index contributed by atoms with van der Waals surface area (Å²) in [4.78, 5) is 0. The molecule has 0 spiro atoms. The Morgan fingerprint density at radius 1 is 1.17 bits per heavy atom. The molecule has 1 N–H and O–H groups in total. The molecule has 0 aliphatic carbocycles. The van der Waals surface area contributed by atoms with E-state index in [1.54, 1.807) is 6.21 Å². The van der Waals surface area contributed by atoms with E-state index in [1.807, 2.05) is 20.8 Å². The molecule has 1 unspecified atom stereocenters. The maximum absolute atomic E-state index is 12.6. The number of nitrogens with zero attached hydrogens (tertiary/aromatic N) is 1. The smallest absolute Gasteiger partial charge is 0.307 e. The topological polar surface area (TPSA) is 59.9 Å². The molecule has 0 rings (SSSR count). The average molecular weight is 278 g/mol. The van der Waals surface area contributed by atoms with Crippen LogP contribution in [-0.2, 0) is 13.6 Å². The second-order valence-electron chi connectivity index (χ2n) is 3.91. The molecule has 0 heterocycles. The third-order valence-electron chi connectivity index (χ3n) is 2.29. The van der Waals surface area contributed by atoms with Gasteiger partial charge in [-0.1, -0.05) is 26.7 Å². The molecular formula is C12H27N2O3P. The highest BCUT2D eigenvalue weighted by atomic mass is 31.2. The summed E-state index contributed by atoms with van der Waals surface area (Å²) in [5.41, 5.74) is 2.92. The Hall–Kier alpha value is -0.380. The minimum atomic E-state index is -3.12. The van der Waals surface area contributed by atoms with Crippen molar-refractivity contribution < 1.29 is 13.6 Å². The minimum Gasteiger partial charge on any atom is -0.307 e. The summed E-state index contributed by atoms with van der Waals surface area (Å²) in [5.74, 6) is -0.365. The van der Waals surface area contributed by atoms with Crippen LogP contribution in [0.2, 0.25) is 0 Å². The molecule has 108 valence electrons. The first-order valence-electron chi connectivity index (χ1n) is 6.80. The zero-order valence-corrected chi connectivity index (χ0v) is 12.9. The molecule has 0 saturated heterocycles. The van der Waals surface area contributed by atoms with Crippen LogP contribution in [0.25, 0.3) is 0 Å². The van der Waals surface area contributed by atoms with Gasteiger partial charge in [0.05, 0.1) is 13.2 Å². The van der Waals surface area contributed by atoms with Gasteiger partial charge in [0.1, 0.15) is 5.78 Å². The van der Waals surface area contributed by atoms with Gasteiger partial charge < -0.3 is 9.05 Å². The lowest BCUT2D eigenvalue weighted by Gasteiger charge is -2.25. The van der Waals surface area contributed by atoms with Gasteiger partial charge in [-0.25, -0.2) is 0 Å². The number of nitrogens with one attached hydrogen (secondary N) is 1. The molecule has 0 fully saturated rings. The summed E-state index contributed by atoms with van der Waals surface area (Å²) in [6, 6.07) is 0. The van der Waals surface area contributed by atoms with Gasteiger partial charge >= 0.3 is 7.60 Å². The van der Waals surface area contributed by atoms with Crippen molar-refractivity contribution in [3.63, 3.8) is 0 Å². The average Bonchev–Trinajstić information content (AvgIpc) is 2.33. The minimum absolute atomic E-state index is 0.365. The van der Waals surface area contributed by atoms with Crippen molar-refractivity contribution in [3.8, 4) is 0 Å². The number of rotatable bonds is 11. The largest absolute Gasteiger partial charge is 0.354 e. The zero-order chi connectivity index (χ0) is 13.9. The Morgan fingerprint density at radius 3 is 2.22 bits per heavy atom. The molecule has 0 radical (unpaired) electrons. The Balaban J connectivity index is 4.63. The first kappa shape index (κ1) is 17.6. The van der Waals surface area contributed by atoms with Crippen LogP contribution < -0.4 is 5.43 Å². The Labute approximate surface area is 111 Å². The lowest BCUT2D eigenvalue weighted by atomic mass is 10.3. The molecule has 0 amide bonds. The molecule has 0 aromatic carbocycles. The van der Waals surface area contributed by atoms with Gasteiger partial charge in [-0.05, 0) is 26.7 Å². The van der Waals surface area contributed by atoms with E-state index in [0.29, 0.717) is 19.6 Å². The lowest BCUT2D eigenvalue weighted by molar-refractivity contribution is 0.206. The first-order chi connectivity index (χ1) is 8.64. The summed E-state index contributed by atoms with van der Waals surface area (Å²) in [5, 5.41) is 4.10. The van der Waals surface area contributed by atoms with Gasteiger partial charge in [0.25, 0.3) is 0 Å². The van der Waals surface area contributed by atoms with Crippen LogP contribution in [-0.4, -0.2) is 25.2 Å². The summed E-state index contributed by atoms with van der Waals surface area (Å²) in [7, 11) is -3.12. The van der Waals surface area contributed by atoms with Crippen LogP contribution in [0.3, 0.4) is 0 Å². The molecule has 5 nitrogen and oxygen atoms in total. The Morgan fingerprint density at radius 2 is 1.78 bits per heavy atom. The normalized spacial score (nSPS) is 14.0. The van der Waals surface area contributed by atoms with Crippen molar-refractivity contribution in [1.29, 1.82) is 0 Å². The van der Waals surface area contributed by atoms with E-state index in [2.05, 4.69) is 17.5 Å². The van der Waals surface area contributed by atoms with Crippen LogP contribution in [0.15, 0.2) is 5.10 Å². The summed E-state index contributed by atoms with van der Waals surface area (Å²) < 4.78 is 23.3. The predicted octanol–water partition coefficient (Wildman–Crippen LogP) is 3.75. The molecule has 1 atom stereocenters. The molecular weight excluding hydrogens is 251 g/mol. The van der Waals surface area contributed by atoms with E-state index in [-0.39, 0.29) is 5.78 Å². The van der Waals surface area contributed by atoms with Crippen molar-refractivity contribution in [2.45, 2.75) is 59.2 Å². The number of hydrogen-bond donors (Lipinski definition) is 1. The van der Waals surface area contributed by atoms with Gasteiger partial charge in [0.15, 0.2) is 0 Å². The molecule has 0 aromatic heterocycles. The van der Waals surface area contributed by atoms with Crippen LogP contribution in [0, 0.1) is 0 Å². The third kappa shape index (κ3) is 6.53. The van der Waals surface area contributed by atoms with Gasteiger partial charge in [0, 0.05) is 6.21 Å². The van der Waals surface area contributed by atoms with Crippen molar-refractivity contribution >= 4 is 13.8 Å². The van der Waals surface area contributed by atoms with E-state index < -0.39 is 7.60 Å². The monoisotopic (exact) mass is 278 g/mol. The highest BCUT2D eigenvalue weighted by Crippen LogP contribution is 2.53. The summed E-state index contributed by atoms with van der Waals surface area (Å²) in [6.07, 6.45) is 5.34. The molecule has 0 aromatic rings.